The third kappa shape index (κ3) is 6.09. The van der Waals surface area contributed by atoms with E-state index in [0.717, 1.165) is 6.07 Å². The number of benzene rings is 2. The molecule has 0 bridgehead atoms. The zero-order chi connectivity index (χ0) is 21.2. The van der Waals surface area contributed by atoms with Gasteiger partial charge in [-0.3, -0.25) is 0 Å². The molecule has 0 fully saturated rings. The Morgan fingerprint density at radius 3 is 2.20 bits per heavy atom. The van der Waals surface area contributed by atoms with Crippen LogP contribution in [0.25, 0.3) is 0 Å². The molecule has 0 amide bonds. The Kier molecular flexibility index (Phi) is 8.60. The van der Waals surface area contributed by atoms with Gasteiger partial charge in [0.05, 0.1) is 44.0 Å². The molecule has 0 aliphatic carbocycles. The standard InChI is InChI=1S/C17H16N2O7S3.K/c18-28(21,22)17-10-16(29(23,24)25)14(19-11-12-5-4-8-26-12)9-15(17)27(20)13-6-2-1-3-7-13;/h1-10,19H,11H2,(H2,18,21,22)(H,23,24,25);/q;+1/p-1. The van der Waals surface area contributed by atoms with Gasteiger partial charge in [-0.1, -0.05) is 18.2 Å². The third-order valence-corrected chi connectivity index (χ3v) is 7.21. The maximum absolute atomic E-state index is 13.0. The van der Waals surface area contributed by atoms with E-state index in [9.17, 15) is 25.6 Å². The van der Waals surface area contributed by atoms with Crippen molar-refractivity contribution in [3.63, 3.8) is 0 Å². The Hall–Kier alpha value is -0.874. The molecule has 9 nitrogen and oxygen atoms in total. The molecular formula is C17H15KN2O7S3. The fourth-order valence-corrected chi connectivity index (χ4v) is 5.58. The number of rotatable bonds is 7. The third-order valence-electron chi connectivity index (χ3n) is 3.81. The van der Waals surface area contributed by atoms with Crippen molar-refractivity contribution in [3.05, 3.63) is 66.6 Å². The number of hydrogen-bond donors (Lipinski definition) is 2. The molecule has 13 heteroatoms. The predicted octanol–water partition coefficient (Wildman–Crippen LogP) is -1.39. The van der Waals surface area contributed by atoms with Gasteiger partial charge in [-0.15, -0.1) is 0 Å². The Morgan fingerprint density at radius 2 is 1.67 bits per heavy atom. The summed E-state index contributed by atoms with van der Waals surface area (Å²) in [5.41, 5.74) is -0.219. The molecule has 0 saturated carbocycles. The number of hydrogen-bond acceptors (Lipinski definition) is 8. The van der Waals surface area contributed by atoms with Crippen LogP contribution in [0.4, 0.5) is 5.69 Å². The van der Waals surface area contributed by atoms with Crippen molar-refractivity contribution >= 4 is 36.6 Å². The van der Waals surface area contributed by atoms with Crippen LogP contribution in [0.3, 0.4) is 0 Å². The van der Waals surface area contributed by atoms with Crippen molar-refractivity contribution in [1.29, 1.82) is 0 Å². The number of nitrogens with two attached hydrogens (primary N) is 1. The Morgan fingerprint density at radius 1 is 1.00 bits per heavy atom. The van der Waals surface area contributed by atoms with Gasteiger partial charge in [-0.05, 0) is 36.4 Å². The Labute approximate surface area is 218 Å². The van der Waals surface area contributed by atoms with Gasteiger partial charge in [0.15, 0.2) is 0 Å². The molecular weight excluding hydrogens is 479 g/mol. The Balaban J connectivity index is 0.00000320. The van der Waals surface area contributed by atoms with E-state index >= 15 is 0 Å². The minimum Gasteiger partial charge on any atom is -0.744 e. The molecule has 0 radical (unpaired) electrons. The van der Waals surface area contributed by atoms with Crippen molar-refractivity contribution < 1.29 is 81.4 Å². The van der Waals surface area contributed by atoms with Crippen LogP contribution in [-0.4, -0.2) is 25.6 Å². The maximum atomic E-state index is 13.0. The molecule has 1 unspecified atom stereocenters. The molecule has 3 aromatic rings. The number of sulfonamides is 1. The smallest absolute Gasteiger partial charge is 0.744 e. The van der Waals surface area contributed by atoms with Gasteiger partial charge < -0.3 is 14.3 Å². The van der Waals surface area contributed by atoms with Crippen molar-refractivity contribution in [2.45, 2.75) is 26.1 Å². The molecule has 3 N–H and O–H groups in total. The van der Waals surface area contributed by atoms with E-state index in [2.05, 4.69) is 5.32 Å². The van der Waals surface area contributed by atoms with E-state index in [1.54, 1.807) is 30.3 Å². The van der Waals surface area contributed by atoms with Crippen LogP contribution >= 0.6 is 0 Å². The SMILES string of the molecule is NS(=O)(=O)c1cc(S(=O)(=O)[O-])c(NCc2ccco2)cc1S(=O)c1ccccc1.[K+]. The number of anilines is 1. The van der Waals surface area contributed by atoms with Crippen molar-refractivity contribution in [1.82, 2.24) is 0 Å². The largest absolute Gasteiger partial charge is 1.00 e. The first-order valence-corrected chi connectivity index (χ1v) is 12.1. The van der Waals surface area contributed by atoms with Gasteiger partial charge in [0.2, 0.25) is 10.0 Å². The second-order valence-corrected chi connectivity index (χ2v) is 10.1. The van der Waals surface area contributed by atoms with Crippen LogP contribution in [-0.2, 0) is 37.5 Å². The van der Waals surface area contributed by atoms with Gasteiger partial charge in [-0.25, -0.2) is 26.2 Å². The quantitative estimate of drug-likeness (QED) is 0.300. The first kappa shape index (κ1) is 25.4. The van der Waals surface area contributed by atoms with Crippen molar-refractivity contribution in [2.75, 3.05) is 5.32 Å². The fraction of sp³-hybridized carbons (Fsp3) is 0.0588. The summed E-state index contributed by atoms with van der Waals surface area (Å²) in [4.78, 5) is -1.53. The topological polar surface area (TPSA) is 160 Å². The summed E-state index contributed by atoms with van der Waals surface area (Å²) in [6, 6.07) is 12.8. The van der Waals surface area contributed by atoms with Gasteiger partial charge in [-0.2, -0.15) is 0 Å². The van der Waals surface area contributed by atoms with Gasteiger partial charge in [0.1, 0.15) is 15.9 Å². The molecule has 0 saturated heterocycles. The second-order valence-electron chi connectivity index (χ2n) is 5.81. The summed E-state index contributed by atoms with van der Waals surface area (Å²) in [5, 5.41) is 7.90. The molecule has 0 aliphatic heterocycles. The average Bonchev–Trinajstić information content (AvgIpc) is 3.18. The van der Waals surface area contributed by atoms with Crippen LogP contribution in [0.15, 0.2) is 84.9 Å². The monoisotopic (exact) mass is 494 g/mol. The summed E-state index contributed by atoms with van der Waals surface area (Å²) in [5.74, 6) is 0.431. The first-order valence-electron chi connectivity index (χ1n) is 7.97. The van der Waals surface area contributed by atoms with Crippen LogP contribution in [0.5, 0.6) is 0 Å². The number of furan rings is 1. The molecule has 1 aromatic heterocycles. The summed E-state index contributed by atoms with van der Waals surface area (Å²) < 4.78 is 77.3. The summed E-state index contributed by atoms with van der Waals surface area (Å²) in [6.07, 6.45) is 1.41. The number of primary sulfonamides is 1. The summed E-state index contributed by atoms with van der Waals surface area (Å²) in [6.45, 7) is 0.00164. The molecule has 1 atom stereocenters. The van der Waals surface area contributed by atoms with Crippen molar-refractivity contribution in [2.24, 2.45) is 5.14 Å². The minimum atomic E-state index is -5.08. The zero-order valence-corrected chi connectivity index (χ0v) is 21.2. The predicted molar refractivity (Wildman–Crippen MR) is 103 cm³/mol. The van der Waals surface area contributed by atoms with Gasteiger partial charge in [0, 0.05) is 4.90 Å². The van der Waals surface area contributed by atoms with E-state index < -0.39 is 40.7 Å². The molecule has 0 aliphatic rings. The van der Waals surface area contributed by atoms with Crippen LogP contribution in [0.1, 0.15) is 5.76 Å². The second kappa shape index (κ2) is 10.2. The summed E-state index contributed by atoms with van der Waals surface area (Å²) >= 11 is 0. The maximum Gasteiger partial charge on any atom is 1.00 e. The zero-order valence-electron chi connectivity index (χ0n) is 15.6. The van der Waals surface area contributed by atoms with Gasteiger partial charge >= 0.3 is 51.4 Å². The van der Waals surface area contributed by atoms with E-state index in [1.807, 2.05) is 0 Å². The van der Waals surface area contributed by atoms with Gasteiger partial charge in [0.25, 0.3) is 0 Å². The summed E-state index contributed by atoms with van der Waals surface area (Å²) in [7, 11) is -11.6. The molecule has 3 rings (SSSR count). The van der Waals surface area contributed by atoms with E-state index in [-0.39, 0.29) is 73.4 Å². The van der Waals surface area contributed by atoms with Crippen molar-refractivity contribution in [3.8, 4) is 0 Å². The van der Waals surface area contributed by atoms with Crippen LogP contribution in [0, 0.1) is 0 Å². The van der Waals surface area contributed by atoms with Crippen LogP contribution < -0.4 is 61.8 Å². The average molecular weight is 495 g/mol. The fourth-order valence-electron chi connectivity index (χ4n) is 2.52. The normalized spacial score (nSPS) is 12.7. The van der Waals surface area contributed by atoms with E-state index in [0.29, 0.717) is 11.8 Å². The molecule has 1 heterocycles. The molecule has 154 valence electrons. The van der Waals surface area contributed by atoms with E-state index in [1.165, 1.54) is 18.4 Å². The number of nitrogens with one attached hydrogen (secondary N) is 1. The first-order chi connectivity index (χ1) is 13.6. The van der Waals surface area contributed by atoms with Crippen LogP contribution in [0.2, 0.25) is 0 Å². The molecule has 30 heavy (non-hydrogen) atoms. The Bertz CT molecular complexity index is 1260. The van der Waals surface area contributed by atoms with E-state index in [4.69, 9.17) is 9.56 Å². The minimum absolute atomic E-state index is 0. The molecule has 2 aromatic carbocycles. The molecule has 0 spiro atoms.